The van der Waals surface area contributed by atoms with E-state index in [9.17, 15) is 14.4 Å². The minimum atomic E-state index is -0.985. The second-order valence-corrected chi connectivity index (χ2v) is 4.05. The molecule has 1 fully saturated rings. The number of carbonyl (C=O) groups is 3. The quantitative estimate of drug-likeness (QED) is 0.680. The average molecular weight is 243 g/mol. The van der Waals surface area contributed by atoms with Gasteiger partial charge in [0.1, 0.15) is 5.78 Å². The van der Waals surface area contributed by atoms with Gasteiger partial charge in [-0.05, 0) is 6.92 Å². The van der Waals surface area contributed by atoms with Crippen molar-refractivity contribution in [3.8, 4) is 0 Å². The van der Waals surface area contributed by atoms with Gasteiger partial charge in [-0.1, -0.05) is 0 Å². The van der Waals surface area contributed by atoms with E-state index in [1.165, 1.54) is 0 Å². The molecule has 1 N–H and O–H groups in total. The number of ether oxygens (including phenoxy) is 1. The minimum absolute atomic E-state index is 0.0347. The topological polar surface area (TPSA) is 83.9 Å². The maximum atomic E-state index is 11.5. The third-order valence-corrected chi connectivity index (χ3v) is 2.69. The summed E-state index contributed by atoms with van der Waals surface area (Å²) in [4.78, 5) is 35.1. The molecule has 17 heavy (non-hydrogen) atoms. The van der Waals surface area contributed by atoms with Crippen molar-refractivity contribution in [2.45, 2.75) is 19.8 Å². The highest BCUT2D eigenvalue weighted by Crippen LogP contribution is 2.16. The molecule has 0 amide bonds. The molecule has 1 heterocycles. The highest BCUT2D eigenvalue weighted by molar-refractivity contribution is 5.86. The second kappa shape index (κ2) is 6.34. The molecule has 0 bridgehead atoms. The summed E-state index contributed by atoms with van der Waals surface area (Å²) in [5.41, 5.74) is 0. The first kappa shape index (κ1) is 13.6. The Balaban J connectivity index is 2.46. The van der Waals surface area contributed by atoms with Crippen LogP contribution < -0.4 is 0 Å². The van der Waals surface area contributed by atoms with Crippen molar-refractivity contribution >= 4 is 17.7 Å². The number of carbonyl (C=O) groups excluding carboxylic acids is 2. The first-order valence-electron chi connectivity index (χ1n) is 5.65. The number of likely N-dealkylation sites (tertiary alicyclic amines) is 1. The number of ketones is 1. The maximum absolute atomic E-state index is 11.5. The molecule has 6 nitrogen and oxygen atoms in total. The van der Waals surface area contributed by atoms with Gasteiger partial charge in [0, 0.05) is 25.4 Å². The fraction of sp³-hybridized carbons (Fsp3) is 0.727. The predicted molar refractivity (Wildman–Crippen MR) is 58.4 cm³/mol. The van der Waals surface area contributed by atoms with Gasteiger partial charge < -0.3 is 9.84 Å². The molecule has 1 rings (SSSR count). The normalized spacial score (nSPS) is 21.2. The van der Waals surface area contributed by atoms with Gasteiger partial charge >= 0.3 is 11.9 Å². The molecule has 1 aliphatic rings. The summed E-state index contributed by atoms with van der Waals surface area (Å²) in [5.74, 6) is -1.86. The third kappa shape index (κ3) is 4.52. The molecular formula is C11H17NO5. The van der Waals surface area contributed by atoms with Crippen LogP contribution in [0, 0.1) is 5.92 Å². The van der Waals surface area contributed by atoms with Crippen LogP contribution in [0.2, 0.25) is 0 Å². The van der Waals surface area contributed by atoms with Crippen LogP contribution in [-0.2, 0) is 19.1 Å². The summed E-state index contributed by atoms with van der Waals surface area (Å²) < 4.78 is 4.81. The van der Waals surface area contributed by atoms with Crippen LogP contribution in [0.1, 0.15) is 19.8 Å². The summed E-state index contributed by atoms with van der Waals surface area (Å²) in [7, 11) is 0. The number of carboxylic acid groups (broad SMARTS) is 1. The Morgan fingerprint density at radius 3 is 2.82 bits per heavy atom. The summed E-state index contributed by atoms with van der Waals surface area (Å²) in [6.45, 7) is 2.99. The van der Waals surface area contributed by atoms with Crippen LogP contribution in [0.3, 0.4) is 0 Å². The number of aliphatic carboxylic acids is 1. The number of esters is 1. The van der Waals surface area contributed by atoms with E-state index in [-0.39, 0.29) is 24.7 Å². The molecular weight excluding hydrogens is 226 g/mol. The molecule has 0 aromatic carbocycles. The zero-order valence-electron chi connectivity index (χ0n) is 9.85. The molecule has 1 unspecified atom stereocenters. The largest absolute Gasteiger partial charge is 0.481 e. The fourth-order valence-corrected chi connectivity index (χ4v) is 1.90. The molecule has 0 spiro atoms. The van der Waals surface area contributed by atoms with Gasteiger partial charge in [0.25, 0.3) is 0 Å². The van der Waals surface area contributed by atoms with E-state index in [1.807, 2.05) is 0 Å². The van der Waals surface area contributed by atoms with E-state index in [4.69, 9.17) is 9.84 Å². The number of carboxylic acids is 1. The van der Waals surface area contributed by atoms with Crippen molar-refractivity contribution < 1.29 is 24.2 Å². The van der Waals surface area contributed by atoms with E-state index < -0.39 is 11.9 Å². The number of hydrogen-bond donors (Lipinski definition) is 1. The maximum Gasteiger partial charge on any atom is 0.320 e. The Labute approximate surface area is 99.5 Å². The zero-order chi connectivity index (χ0) is 12.8. The summed E-state index contributed by atoms with van der Waals surface area (Å²) in [6, 6.07) is 0. The number of nitrogens with zero attached hydrogens (tertiary/aromatic N) is 1. The highest BCUT2D eigenvalue weighted by atomic mass is 16.5. The molecule has 0 saturated carbocycles. The van der Waals surface area contributed by atoms with Crippen LogP contribution in [-0.4, -0.2) is 54.0 Å². The minimum Gasteiger partial charge on any atom is -0.481 e. The molecule has 1 aliphatic heterocycles. The zero-order valence-corrected chi connectivity index (χ0v) is 9.85. The van der Waals surface area contributed by atoms with Gasteiger partial charge in [0.05, 0.1) is 19.6 Å². The molecule has 1 atom stereocenters. The van der Waals surface area contributed by atoms with Gasteiger partial charge in [0.2, 0.25) is 0 Å². The van der Waals surface area contributed by atoms with Crippen molar-refractivity contribution in [1.29, 1.82) is 0 Å². The molecule has 1 saturated heterocycles. The monoisotopic (exact) mass is 243 g/mol. The molecule has 6 heteroatoms. The van der Waals surface area contributed by atoms with Crippen molar-refractivity contribution in [1.82, 2.24) is 4.90 Å². The van der Waals surface area contributed by atoms with Gasteiger partial charge in [0.15, 0.2) is 0 Å². The van der Waals surface area contributed by atoms with E-state index in [1.54, 1.807) is 11.8 Å². The number of Topliss-reactive ketones (excluding diaryl/α,β-unsaturated/α-hetero) is 1. The smallest absolute Gasteiger partial charge is 0.320 e. The van der Waals surface area contributed by atoms with E-state index in [0.29, 0.717) is 26.1 Å². The van der Waals surface area contributed by atoms with Crippen molar-refractivity contribution in [3.05, 3.63) is 0 Å². The van der Waals surface area contributed by atoms with Crippen LogP contribution in [0.15, 0.2) is 0 Å². The van der Waals surface area contributed by atoms with Crippen LogP contribution in [0.5, 0.6) is 0 Å². The lowest BCUT2D eigenvalue weighted by molar-refractivity contribution is -0.146. The first-order chi connectivity index (χ1) is 8.02. The highest BCUT2D eigenvalue weighted by Gasteiger charge is 2.29. The van der Waals surface area contributed by atoms with Gasteiger partial charge in [-0.2, -0.15) is 0 Å². The molecule has 0 aromatic heterocycles. The van der Waals surface area contributed by atoms with E-state index in [2.05, 4.69) is 0 Å². The molecule has 0 radical (unpaired) electrons. The van der Waals surface area contributed by atoms with Crippen LogP contribution in [0.4, 0.5) is 0 Å². The summed E-state index contributed by atoms with van der Waals surface area (Å²) in [5, 5.41) is 8.67. The molecule has 0 aromatic rings. The molecule has 96 valence electrons. The van der Waals surface area contributed by atoms with Crippen LogP contribution in [0.25, 0.3) is 0 Å². The summed E-state index contributed by atoms with van der Waals surface area (Å²) >= 11 is 0. The summed E-state index contributed by atoms with van der Waals surface area (Å²) in [6.07, 6.45) is 0.134. The van der Waals surface area contributed by atoms with Crippen molar-refractivity contribution in [2.24, 2.45) is 5.92 Å². The Kier molecular flexibility index (Phi) is 5.09. The van der Waals surface area contributed by atoms with Crippen LogP contribution >= 0.6 is 0 Å². The Bertz CT molecular complexity index is 315. The standard InChI is InChI=1S/C11H17NO5/c1-2-17-11(16)7-12-4-3-9(13)8(6-12)5-10(14)15/h8H,2-7H2,1H3,(H,14,15). The van der Waals surface area contributed by atoms with Gasteiger partial charge in [-0.3, -0.25) is 19.3 Å². The van der Waals surface area contributed by atoms with Crippen molar-refractivity contribution in [2.75, 3.05) is 26.2 Å². The molecule has 0 aliphatic carbocycles. The van der Waals surface area contributed by atoms with Gasteiger partial charge in [-0.25, -0.2) is 0 Å². The Hall–Kier alpha value is -1.43. The Morgan fingerprint density at radius 2 is 2.24 bits per heavy atom. The fourth-order valence-electron chi connectivity index (χ4n) is 1.90. The second-order valence-electron chi connectivity index (χ2n) is 4.05. The lowest BCUT2D eigenvalue weighted by Gasteiger charge is -2.30. The van der Waals surface area contributed by atoms with E-state index in [0.717, 1.165) is 0 Å². The number of hydrogen-bond acceptors (Lipinski definition) is 5. The lowest BCUT2D eigenvalue weighted by atomic mass is 9.93. The Morgan fingerprint density at radius 1 is 1.53 bits per heavy atom. The first-order valence-corrected chi connectivity index (χ1v) is 5.65. The van der Waals surface area contributed by atoms with Crippen molar-refractivity contribution in [3.63, 3.8) is 0 Å². The lowest BCUT2D eigenvalue weighted by Crippen LogP contribution is -2.44. The number of piperidine rings is 1. The average Bonchev–Trinajstić information content (AvgIpc) is 2.22. The van der Waals surface area contributed by atoms with E-state index >= 15 is 0 Å². The predicted octanol–water partition coefficient (Wildman–Crippen LogP) is -0.0848. The SMILES string of the molecule is CCOC(=O)CN1CCC(=O)C(CC(=O)O)C1. The van der Waals surface area contributed by atoms with Gasteiger partial charge in [-0.15, -0.1) is 0 Å². The number of rotatable bonds is 5. The third-order valence-electron chi connectivity index (χ3n) is 2.69.